The van der Waals surface area contributed by atoms with Crippen LogP contribution in [-0.4, -0.2) is 6.54 Å². The molecular weight excluding hydrogens is 160 g/mol. The molecule has 2 atom stereocenters. The molecule has 13 heavy (non-hydrogen) atoms. The molecule has 2 aliphatic carbocycles. The Morgan fingerprint density at radius 1 is 1.31 bits per heavy atom. The lowest BCUT2D eigenvalue weighted by Crippen LogP contribution is -2.29. The van der Waals surface area contributed by atoms with E-state index in [4.69, 9.17) is 0 Å². The molecule has 2 bridgehead atoms. The molecule has 2 nitrogen and oxygen atoms in total. The number of allylic oxidation sites excluding steroid dienone is 1. The summed E-state index contributed by atoms with van der Waals surface area (Å²) in [5, 5.41) is 8.52. The molecule has 1 fully saturated rings. The first-order chi connectivity index (χ1) is 6.07. The molecule has 0 amide bonds. The fourth-order valence-electron chi connectivity index (χ4n) is 3.60. The van der Waals surface area contributed by atoms with Crippen molar-refractivity contribution in [1.82, 2.24) is 0 Å². The molecule has 0 N–H and O–H groups in total. The predicted molar refractivity (Wildman–Crippen MR) is 51.4 cm³/mol. The van der Waals surface area contributed by atoms with Crippen molar-refractivity contribution in [2.45, 2.75) is 33.6 Å². The number of nitrogens with zero attached hydrogens (tertiary/aromatic N) is 2. The minimum Gasteiger partial charge on any atom is -0.184 e. The Labute approximate surface area is 79.1 Å². The fraction of sp³-hybridized carbons (Fsp3) is 0.818. The van der Waals surface area contributed by atoms with E-state index in [9.17, 15) is 0 Å². The largest absolute Gasteiger partial charge is 0.184 e. The van der Waals surface area contributed by atoms with E-state index in [0.29, 0.717) is 10.8 Å². The van der Waals surface area contributed by atoms with Gasteiger partial charge in [0.2, 0.25) is 0 Å². The van der Waals surface area contributed by atoms with Gasteiger partial charge in [-0.2, -0.15) is 10.2 Å². The minimum atomic E-state index is 0.326. The van der Waals surface area contributed by atoms with E-state index in [-0.39, 0.29) is 0 Å². The number of hydrogen-bond donors (Lipinski definition) is 0. The lowest BCUT2D eigenvalue weighted by molar-refractivity contribution is 0.166. The average molecular weight is 176 g/mol. The lowest BCUT2D eigenvalue weighted by Gasteiger charge is -2.35. The molecule has 1 aliphatic heterocycles. The van der Waals surface area contributed by atoms with E-state index in [0.717, 1.165) is 12.5 Å². The van der Waals surface area contributed by atoms with Crippen LogP contribution in [0.4, 0.5) is 0 Å². The van der Waals surface area contributed by atoms with Crippen LogP contribution < -0.4 is 0 Å². The Hall–Kier alpha value is -0.660. The third-order valence-corrected chi connectivity index (χ3v) is 4.89. The van der Waals surface area contributed by atoms with Gasteiger partial charge in [-0.25, -0.2) is 0 Å². The van der Waals surface area contributed by atoms with E-state index < -0.39 is 0 Å². The first-order valence-corrected chi connectivity index (χ1v) is 5.18. The zero-order valence-corrected chi connectivity index (χ0v) is 8.59. The molecule has 2 heteroatoms. The highest BCUT2D eigenvalue weighted by atomic mass is 15.2. The van der Waals surface area contributed by atoms with Crippen molar-refractivity contribution >= 4 is 0 Å². The van der Waals surface area contributed by atoms with Crippen LogP contribution >= 0.6 is 0 Å². The molecule has 3 aliphatic rings. The molecule has 0 aromatic heterocycles. The SMILES string of the molecule is CC1(C)[C@@H]2CC[C@]1(C)C1=C2CN=N1. The van der Waals surface area contributed by atoms with Gasteiger partial charge >= 0.3 is 0 Å². The van der Waals surface area contributed by atoms with E-state index in [1.807, 2.05) is 0 Å². The molecule has 0 saturated heterocycles. The van der Waals surface area contributed by atoms with Gasteiger partial charge in [-0.05, 0) is 29.7 Å². The van der Waals surface area contributed by atoms with Gasteiger partial charge in [-0.15, -0.1) is 0 Å². The Bertz CT molecular complexity index is 338. The van der Waals surface area contributed by atoms with Crippen molar-refractivity contribution in [3.05, 3.63) is 11.3 Å². The second-order valence-electron chi connectivity index (χ2n) is 5.42. The summed E-state index contributed by atoms with van der Waals surface area (Å²) in [4.78, 5) is 0. The highest BCUT2D eigenvalue weighted by molar-refractivity contribution is 5.40. The molecular formula is C11H16N2. The van der Waals surface area contributed by atoms with Gasteiger partial charge in [-0.1, -0.05) is 20.8 Å². The number of fused-ring (bicyclic) bond motifs is 4. The van der Waals surface area contributed by atoms with Gasteiger partial charge in [0.25, 0.3) is 0 Å². The topological polar surface area (TPSA) is 24.7 Å². The van der Waals surface area contributed by atoms with Gasteiger partial charge in [0.1, 0.15) is 0 Å². The van der Waals surface area contributed by atoms with E-state index in [2.05, 4.69) is 31.0 Å². The van der Waals surface area contributed by atoms with Crippen molar-refractivity contribution in [2.24, 2.45) is 27.0 Å². The molecule has 0 radical (unpaired) electrons. The fourth-order valence-corrected chi connectivity index (χ4v) is 3.60. The maximum atomic E-state index is 4.35. The number of rotatable bonds is 0. The van der Waals surface area contributed by atoms with Crippen LogP contribution in [0.15, 0.2) is 21.5 Å². The Morgan fingerprint density at radius 3 is 2.77 bits per heavy atom. The zero-order valence-electron chi connectivity index (χ0n) is 8.59. The number of hydrogen-bond acceptors (Lipinski definition) is 2. The molecule has 1 saturated carbocycles. The molecule has 0 aromatic rings. The first-order valence-electron chi connectivity index (χ1n) is 5.18. The summed E-state index contributed by atoms with van der Waals surface area (Å²) >= 11 is 0. The van der Waals surface area contributed by atoms with Crippen LogP contribution in [0.1, 0.15) is 33.6 Å². The van der Waals surface area contributed by atoms with Gasteiger partial charge in [0.15, 0.2) is 0 Å². The van der Waals surface area contributed by atoms with Gasteiger partial charge in [-0.3, -0.25) is 0 Å². The van der Waals surface area contributed by atoms with Crippen molar-refractivity contribution < 1.29 is 0 Å². The number of azo groups is 1. The summed E-state index contributed by atoms with van der Waals surface area (Å²) in [6.07, 6.45) is 2.66. The van der Waals surface area contributed by atoms with Gasteiger partial charge in [0.05, 0.1) is 12.2 Å². The Kier molecular flexibility index (Phi) is 1.12. The maximum absolute atomic E-state index is 4.35. The summed E-state index contributed by atoms with van der Waals surface area (Å²) in [7, 11) is 0. The summed E-state index contributed by atoms with van der Waals surface area (Å²) in [5.41, 5.74) is 3.65. The Morgan fingerprint density at radius 2 is 2.08 bits per heavy atom. The van der Waals surface area contributed by atoms with Gasteiger partial charge < -0.3 is 0 Å². The minimum absolute atomic E-state index is 0.326. The molecule has 3 rings (SSSR count). The smallest absolute Gasteiger partial charge is 0.0837 e. The Balaban J connectivity index is 2.21. The predicted octanol–water partition coefficient (Wildman–Crippen LogP) is 3.16. The van der Waals surface area contributed by atoms with E-state index in [1.165, 1.54) is 18.5 Å². The van der Waals surface area contributed by atoms with Crippen LogP contribution in [-0.2, 0) is 0 Å². The van der Waals surface area contributed by atoms with Crippen LogP contribution in [0.5, 0.6) is 0 Å². The third kappa shape index (κ3) is 0.608. The maximum Gasteiger partial charge on any atom is 0.0837 e. The quantitative estimate of drug-likeness (QED) is 0.541. The average Bonchev–Trinajstić information content (AvgIpc) is 2.63. The lowest BCUT2D eigenvalue weighted by atomic mass is 9.69. The molecule has 0 aromatic carbocycles. The van der Waals surface area contributed by atoms with Crippen LogP contribution in [0.2, 0.25) is 0 Å². The second kappa shape index (κ2) is 1.89. The van der Waals surface area contributed by atoms with Crippen LogP contribution in [0.3, 0.4) is 0 Å². The third-order valence-electron chi connectivity index (χ3n) is 4.89. The molecule has 0 spiro atoms. The standard InChI is InChI=1S/C11H16N2/c1-10(2)8-4-5-11(10,3)9-7(8)6-12-13-9/h8H,4-6H2,1-3H3/t8-,11-/m1/s1. The van der Waals surface area contributed by atoms with Crippen molar-refractivity contribution in [1.29, 1.82) is 0 Å². The van der Waals surface area contributed by atoms with Crippen molar-refractivity contribution in [2.75, 3.05) is 6.54 Å². The molecule has 70 valence electrons. The summed E-state index contributed by atoms with van der Waals surface area (Å²) in [6.45, 7) is 8.07. The summed E-state index contributed by atoms with van der Waals surface area (Å²) < 4.78 is 0. The highest BCUT2D eigenvalue weighted by Crippen LogP contribution is 2.68. The first kappa shape index (κ1) is 7.72. The van der Waals surface area contributed by atoms with Crippen LogP contribution in [0, 0.1) is 16.7 Å². The van der Waals surface area contributed by atoms with E-state index >= 15 is 0 Å². The zero-order chi connectivity index (χ0) is 9.27. The molecule has 1 heterocycles. The van der Waals surface area contributed by atoms with Crippen molar-refractivity contribution in [3.8, 4) is 0 Å². The van der Waals surface area contributed by atoms with Gasteiger partial charge in [0, 0.05) is 5.41 Å². The normalized spacial score (nSPS) is 44.7. The highest BCUT2D eigenvalue weighted by Gasteiger charge is 2.61. The van der Waals surface area contributed by atoms with Crippen LogP contribution in [0.25, 0.3) is 0 Å². The summed E-state index contributed by atoms with van der Waals surface area (Å²) in [5.74, 6) is 0.766. The monoisotopic (exact) mass is 176 g/mol. The van der Waals surface area contributed by atoms with Crippen molar-refractivity contribution in [3.63, 3.8) is 0 Å². The summed E-state index contributed by atoms with van der Waals surface area (Å²) in [6, 6.07) is 0. The molecule has 0 unspecified atom stereocenters. The second-order valence-corrected chi connectivity index (χ2v) is 5.42. The van der Waals surface area contributed by atoms with E-state index in [1.54, 1.807) is 5.57 Å².